The van der Waals surface area contributed by atoms with E-state index in [-0.39, 0.29) is 0 Å². The molecule has 0 atom stereocenters. The van der Waals surface area contributed by atoms with Gasteiger partial charge in [0.25, 0.3) is 0 Å². The predicted molar refractivity (Wildman–Crippen MR) is 112 cm³/mol. The van der Waals surface area contributed by atoms with E-state index < -0.39 is 27.9 Å². The summed E-state index contributed by atoms with van der Waals surface area (Å²) in [6, 6.07) is 39.0. The summed E-state index contributed by atoms with van der Waals surface area (Å²) < 4.78 is 31.3. The van der Waals surface area contributed by atoms with Gasteiger partial charge in [0.1, 0.15) is 0 Å². The number of halogens is 1. The molecule has 0 spiro atoms. The standard InChI is InChI=1S/C24H20IO3P/c26-25(27)28-29(21-13-5-1-6-14-21,22-15-7-2-8-16-22,23-17-9-3-10-18-23)24-19-11-4-12-20-24/h1-20H. The third kappa shape index (κ3) is 3.21. The number of hydrogen-bond acceptors (Lipinski definition) is 3. The maximum absolute atomic E-state index is 12.5. The maximum atomic E-state index is 12.5. The molecule has 0 aliphatic rings. The van der Waals surface area contributed by atoms with Crippen molar-refractivity contribution >= 4 is 28.0 Å². The number of rotatable bonds is 6. The van der Waals surface area contributed by atoms with Gasteiger partial charge in [-0.3, -0.25) is 0 Å². The molecule has 0 unspecified atom stereocenters. The van der Waals surface area contributed by atoms with E-state index >= 15 is 0 Å². The topological polar surface area (TPSA) is 55.3 Å². The molecule has 0 saturated carbocycles. The van der Waals surface area contributed by atoms with Crippen molar-refractivity contribution in [3.05, 3.63) is 121 Å². The fourth-order valence-electron chi connectivity index (χ4n) is 4.02. The zero-order valence-corrected chi connectivity index (χ0v) is 18.6. The van der Waals surface area contributed by atoms with Gasteiger partial charge in [0.05, 0.1) is 0 Å². The van der Waals surface area contributed by atoms with Gasteiger partial charge in [-0.1, -0.05) is 0 Å². The summed E-state index contributed by atoms with van der Waals surface area (Å²) in [5.74, 6) is 0. The molecule has 5 heteroatoms. The summed E-state index contributed by atoms with van der Waals surface area (Å²) >= 11 is -4.18. The molecule has 0 saturated heterocycles. The van der Waals surface area contributed by atoms with Crippen LogP contribution in [0.3, 0.4) is 0 Å². The van der Waals surface area contributed by atoms with Gasteiger partial charge in [0.15, 0.2) is 0 Å². The van der Waals surface area contributed by atoms with Crippen LogP contribution >= 0.6 is 6.83 Å². The van der Waals surface area contributed by atoms with E-state index in [1.165, 1.54) is 0 Å². The molecule has 4 rings (SSSR count). The van der Waals surface area contributed by atoms with Crippen LogP contribution in [-0.4, -0.2) is 0 Å². The van der Waals surface area contributed by atoms with Crippen molar-refractivity contribution in [1.82, 2.24) is 0 Å². The first-order valence-electron chi connectivity index (χ1n) is 9.18. The second-order valence-electron chi connectivity index (χ2n) is 6.64. The van der Waals surface area contributed by atoms with Crippen molar-refractivity contribution in [3.63, 3.8) is 0 Å². The van der Waals surface area contributed by atoms with Crippen LogP contribution in [0.25, 0.3) is 0 Å². The molecule has 0 aliphatic carbocycles. The minimum atomic E-state index is -4.18. The van der Waals surface area contributed by atoms with Gasteiger partial charge < -0.3 is 0 Å². The van der Waals surface area contributed by atoms with Crippen molar-refractivity contribution in [2.24, 2.45) is 0 Å². The third-order valence-corrected chi connectivity index (χ3v) is 14.0. The molecule has 0 amide bonds. The Morgan fingerprint density at radius 3 is 0.897 bits per heavy atom. The van der Waals surface area contributed by atoms with Crippen molar-refractivity contribution in [1.29, 1.82) is 0 Å². The predicted octanol–water partition coefficient (Wildman–Crippen LogP) is -1.14. The Balaban J connectivity index is 2.29. The fourth-order valence-corrected chi connectivity index (χ4v) is 14.0. The van der Waals surface area contributed by atoms with Gasteiger partial charge in [-0.05, 0) is 0 Å². The van der Waals surface area contributed by atoms with Gasteiger partial charge in [-0.25, -0.2) is 0 Å². The molecule has 4 aromatic carbocycles. The minimum absolute atomic E-state index is 0.857. The molecular weight excluding hydrogens is 494 g/mol. The summed E-state index contributed by atoms with van der Waals surface area (Å²) in [6.07, 6.45) is 0. The van der Waals surface area contributed by atoms with E-state index in [4.69, 9.17) is 2.85 Å². The van der Waals surface area contributed by atoms with E-state index in [1.54, 1.807) is 0 Å². The van der Waals surface area contributed by atoms with Crippen LogP contribution in [0.15, 0.2) is 121 Å². The van der Waals surface area contributed by atoms with Crippen LogP contribution in [0.2, 0.25) is 0 Å². The van der Waals surface area contributed by atoms with Gasteiger partial charge in [0, 0.05) is 0 Å². The Kier molecular flexibility index (Phi) is 5.81. The van der Waals surface area contributed by atoms with Gasteiger partial charge in [-0.15, -0.1) is 0 Å². The zero-order valence-electron chi connectivity index (χ0n) is 15.6. The van der Waals surface area contributed by atoms with Crippen LogP contribution in [0, 0.1) is 0 Å². The second-order valence-corrected chi connectivity index (χ2v) is 13.2. The molecule has 4 aromatic rings. The Labute approximate surface area is 179 Å². The Morgan fingerprint density at radius 2 is 0.690 bits per heavy atom. The molecule has 0 bridgehead atoms. The van der Waals surface area contributed by atoms with Gasteiger partial charge in [0.2, 0.25) is 0 Å². The molecular formula is C24H20IO3P. The molecule has 0 aromatic heterocycles. The first-order chi connectivity index (χ1) is 14.2. The van der Waals surface area contributed by atoms with Crippen LogP contribution in [0.1, 0.15) is 0 Å². The summed E-state index contributed by atoms with van der Waals surface area (Å²) in [6.45, 7) is -3.99. The van der Waals surface area contributed by atoms with Gasteiger partial charge >= 0.3 is 180 Å². The number of hydrogen-bond donors (Lipinski definition) is 0. The fraction of sp³-hybridized carbons (Fsp3) is 0. The van der Waals surface area contributed by atoms with Crippen LogP contribution < -0.4 is 49.2 Å². The summed E-state index contributed by atoms with van der Waals surface area (Å²) in [5.41, 5.74) is 0. The molecule has 3 nitrogen and oxygen atoms in total. The van der Waals surface area contributed by atoms with E-state index in [0.717, 1.165) is 21.2 Å². The van der Waals surface area contributed by atoms with Crippen LogP contribution in [0.4, 0.5) is 0 Å². The van der Waals surface area contributed by atoms with Crippen molar-refractivity contribution in [3.8, 4) is 0 Å². The average Bonchev–Trinajstić information content (AvgIpc) is 2.80. The zero-order chi connectivity index (χ0) is 20.2. The average molecular weight is 514 g/mol. The molecule has 0 aliphatic heterocycles. The molecule has 146 valence electrons. The summed E-state index contributed by atoms with van der Waals surface area (Å²) in [5, 5.41) is 3.43. The Bertz CT molecular complexity index is 889. The number of benzene rings is 4. The van der Waals surface area contributed by atoms with E-state index in [9.17, 15) is 6.87 Å². The molecule has 0 heterocycles. The second kappa shape index (κ2) is 8.34. The third-order valence-electron chi connectivity index (χ3n) is 5.19. The van der Waals surface area contributed by atoms with E-state index in [2.05, 4.69) is 0 Å². The quantitative estimate of drug-likeness (QED) is 0.242. The monoisotopic (exact) mass is 514 g/mol. The Morgan fingerprint density at radius 1 is 0.448 bits per heavy atom. The molecule has 0 N–H and O–H groups in total. The molecule has 29 heavy (non-hydrogen) atoms. The molecule has 0 fully saturated rings. The van der Waals surface area contributed by atoms with E-state index in [0.29, 0.717) is 0 Å². The first-order valence-corrected chi connectivity index (χ1v) is 14.0. The molecule has 0 radical (unpaired) electrons. The van der Waals surface area contributed by atoms with Crippen molar-refractivity contribution in [2.45, 2.75) is 0 Å². The van der Waals surface area contributed by atoms with Gasteiger partial charge in [-0.2, -0.15) is 0 Å². The van der Waals surface area contributed by atoms with Crippen LogP contribution in [0.5, 0.6) is 0 Å². The van der Waals surface area contributed by atoms with Crippen molar-refractivity contribution < 1.29 is 30.8 Å². The first kappa shape index (κ1) is 20.2. The van der Waals surface area contributed by atoms with Crippen LogP contribution in [-0.2, 0) is 2.85 Å². The summed E-state index contributed by atoms with van der Waals surface area (Å²) in [4.78, 5) is 0. The van der Waals surface area contributed by atoms with Crippen molar-refractivity contribution in [2.75, 3.05) is 0 Å². The van der Waals surface area contributed by atoms with E-state index in [1.807, 2.05) is 121 Å². The summed E-state index contributed by atoms with van der Waals surface area (Å²) in [7, 11) is 0. The SMILES string of the molecule is [O-][I+2]([O-])OP(c1ccccc1)(c1ccccc1)(c1ccccc1)c1ccccc1. The normalized spacial score (nSPS) is 13.0. The Hall–Kier alpha value is -2.08.